The second kappa shape index (κ2) is 5.43. The summed E-state index contributed by atoms with van der Waals surface area (Å²) in [4.78, 5) is 4.23. The van der Waals surface area contributed by atoms with Crippen LogP contribution in [0.2, 0.25) is 0 Å². The molecule has 0 radical (unpaired) electrons. The molecule has 0 unspecified atom stereocenters. The summed E-state index contributed by atoms with van der Waals surface area (Å²) in [6, 6.07) is 21.3. The van der Waals surface area contributed by atoms with Gasteiger partial charge in [0, 0.05) is 6.20 Å². The van der Waals surface area contributed by atoms with Crippen LogP contribution in [-0.4, -0.2) is 9.32 Å². The predicted molar refractivity (Wildman–Crippen MR) is 90.7 cm³/mol. The number of imidazole rings is 1. The summed E-state index contributed by atoms with van der Waals surface area (Å²) < 4.78 is 2.25. The van der Waals surface area contributed by atoms with E-state index in [9.17, 15) is 0 Å². The second-order valence-electron chi connectivity index (χ2n) is 4.17. The summed E-state index contributed by atoms with van der Waals surface area (Å²) in [5.74, 6) is 0. The number of halogens is 1. The molecular weight excluding hydrogens is 366 g/mol. The molecule has 0 bridgehead atoms. The lowest BCUT2D eigenvalue weighted by Gasteiger charge is -2.20. The monoisotopic (exact) mass is 379 g/mol. The topological polar surface area (TPSA) is 17.8 Å². The van der Waals surface area contributed by atoms with Crippen LogP contribution in [0.1, 0.15) is 0 Å². The summed E-state index contributed by atoms with van der Waals surface area (Å²) in [5.41, 5.74) is 0. The van der Waals surface area contributed by atoms with E-state index in [-0.39, 0.29) is 0 Å². The smallest absolute Gasteiger partial charge is 0.235 e. The highest BCUT2D eigenvalue weighted by Crippen LogP contribution is 2.65. The fraction of sp³-hybridized carbons (Fsp3) is 0. The van der Waals surface area contributed by atoms with Crippen molar-refractivity contribution in [1.82, 2.24) is 9.32 Å². The summed E-state index contributed by atoms with van der Waals surface area (Å²) >= 11 is 2.60. The van der Waals surface area contributed by atoms with Crippen molar-refractivity contribution in [2.45, 2.75) is 0 Å². The van der Waals surface area contributed by atoms with Crippen LogP contribution in [0.15, 0.2) is 79.4 Å². The van der Waals surface area contributed by atoms with Crippen molar-refractivity contribution in [2.24, 2.45) is 0 Å². The number of benzene rings is 2. The minimum atomic E-state index is -1.65. The fourth-order valence-corrected chi connectivity index (χ4v) is 7.19. The van der Waals surface area contributed by atoms with Crippen LogP contribution in [0, 0.1) is 0 Å². The molecule has 2 aromatic carbocycles. The maximum Gasteiger partial charge on any atom is 0.235 e. The van der Waals surface area contributed by atoms with Crippen molar-refractivity contribution in [2.75, 3.05) is 0 Å². The van der Waals surface area contributed by atoms with Gasteiger partial charge in [0.1, 0.15) is 16.9 Å². The molecule has 0 atom stereocenters. The third-order valence-corrected chi connectivity index (χ3v) is 10.7. The second-order valence-corrected chi connectivity index (χ2v) is 11.0. The van der Waals surface area contributed by atoms with Gasteiger partial charge in [0.25, 0.3) is 0 Å². The summed E-state index contributed by atoms with van der Waals surface area (Å²) in [6.45, 7) is 0. The Morgan fingerprint density at radius 2 is 1.37 bits per heavy atom. The van der Waals surface area contributed by atoms with Gasteiger partial charge in [-0.2, -0.15) is 4.34 Å². The van der Waals surface area contributed by atoms with Crippen LogP contribution >= 0.6 is 27.1 Å². The highest BCUT2D eigenvalue weighted by Gasteiger charge is 2.43. The largest absolute Gasteiger partial charge is 0.241 e. The van der Waals surface area contributed by atoms with E-state index in [0.29, 0.717) is 0 Å². The Morgan fingerprint density at radius 1 is 0.842 bits per heavy atom. The first kappa shape index (κ1) is 12.8. The Kier molecular flexibility index (Phi) is 3.67. The Hall–Kier alpha value is -1.19. The molecule has 0 saturated carbocycles. The Morgan fingerprint density at radius 3 is 1.79 bits per heavy atom. The van der Waals surface area contributed by atoms with E-state index < -0.39 is 5.06 Å². The van der Waals surface area contributed by atoms with E-state index in [0.717, 1.165) is 0 Å². The average Bonchev–Trinajstić information content (AvgIpc) is 3.03. The molecule has 0 amide bonds. The van der Waals surface area contributed by atoms with E-state index in [1.54, 1.807) is 0 Å². The lowest BCUT2D eigenvalue weighted by Crippen LogP contribution is -2.22. The highest BCUT2D eigenvalue weighted by atomic mass is 127. The lowest BCUT2D eigenvalue weighted by molar-refractivity contribution is 1.21. The van der Waals surface area contributed by atoms with E-state index in [2.05, 4.69) is 98.2 Å². The van der Waals surface area contributed by atoms with Crippen LogP contribution < -0.4 is 10.6 Å². The quantitative estimate of drug-likeness (QED) is 0.502. The number of aromatic nitrogens is 2. The molecule has 0 spiro atoms. The van der Waals surface area contributed by atoms with Crippen LogP contribution in [0.5, 0.6) is 0 Å². The van der Waals surface area contributed by atoms with E-state index in [4.69, 9.17) is 0 Å². The first-order valence-electron chi connectivity index (χ1n) is 6.00. The molecule has 0 N–H and O–H groups in total. The van der Waals surface area contributed by atoms with Gasteiger partial charge in [-0.1, -0.05) is 36.4 Å². The van der Waals surface area contributed by atoms with Gasteiger partial charge in [0.05, 0.1) is 6.20 Å². The normalized spacial score (nSPS) is 11.4. The van der Waals surface area contributed by atoms with Gasteiger partial charge in [-0.25, -0.2) is 4.98 Å². The van der Waals surface area contributed by atoms with Crippen molar-refractivity contribution >= 4 is 37.7 Å². The van der Waals surface area contributed by atoms with Gasteiger partial charge >= 0.3 is 0 Å². The van der Waals surface area contributed by atoms with E-state index in [1.165, 1.54) is 10.6 Å². The number of rotatable bonds is 3. The zero-order chi connectivity index (χ0) is 13.1. The Labute approximate surface area is 126 Å². The molecule has 0 fully saturated rings. The average molecular weight is 379 g/mol. The molecule has 94 valence electrons. The Balaban J connectivity index is 2.23. The third kappa shape index (κ3) is 2.33. The minimum Gasteiger partial charge on any atom is -0.241 e. The Bertz CT molecular complexity index is 599. The van der Waals surface area contributed by atoms with Crippen molar-refractivity contribution in [3.8, 4) is 0 Å². The minimum absolute atomic E-state index is 1.35. The zero-order valence-corrected chi connectivity index (χ0v) is 13.3. The standard InChI is InChI=1S/C15H13IN2P/c16-19(18-12-11-17-13-18,14-7-3-1-4-8-14)15-9-5-2-6-10-15/h1-13H/q+1. The molecule has 0 saturated heterocycles. The first-order chi connectivity index (χ1) is 9.32. The van der Waals surface area contributed by atoms with Crippen molar-refractivity contribution < 1.29 is 0 Å². The summed E-state index contributed by atoms with van der Waals surface area (Å²) in [5, 5.41) is 1.04. The van der Waals surface area contributed by atoms with E-state index >= 15 is 0 Å². The molecule has 3 rings (SSSR count). The maximum absolute atomic E-state index is 4.23. The van der Waals surface area contributed by atoms with Crippen LogP contribution in [-0.2, 0) is 0 Å². The first-order valence-corrected chi connectivity index (χ1v) is 10.5. The predicted octanol–water partition coefficient (Wildman–Crippen LogP) is 3.66. The zero-order valence-electron chi connectivity index (χ0n) is 10.2. The SMILES string of the molecule is I[P+](c1ccccc1)(c1ccccc1)n1ccnc1. The van der Waals surface area contributed by atoms with E-state index in [1.807, 2.05) is 12.5 Å². The summed E-state index contributed by atoms with van der Waals surface area (Å²) in [6.07, 6.45) is 5.82. The molecule has 0 aliphatic carbocycles. The van der Waals surface area contributed by atoms with Gasteiger partial charge in [0.15, 0.2) is 22.0 Å². The number of hydrogen-bond donors (Lipinski definition) is 0. The molecule has 0 aliphatic rings. The van der Waals surface area contributed by atoms with Gasteiger partial charge in [-0.05, 0) is 24.3 Å². The van der Waals surface area contributed by atoms with Crippen LogP contribution in [0.4, 0.5) is 0 Å². The molecular formula is C15H13IN2P+. The molecule has 2 nitrogen and oxygen atoms in total. The molecule has 0 aliphatic heterocycles. The molecule has 3 aromatic rings. The van der Waals surface area contributed by atoms with Gasteiger partial charge in [-0.15, -0.1) is 0 Å². The van der Waals surface area contributed by atoms with Crippen LogP contribution in [0.25, 0.3) is 0 Å². The van der Waals surface area contributed by atoms with Crippen molar-refractivity contribution in [3.63, 3.8) is 0 Å². The molecule has 1 aromatic heterocycles. The fourth-order valence-electron chi connectivity index (χ4n) is 2.08. The maximum atomic E-state index is 4.23. The number of nitrogens with zero attached hydrogens (tertiary/aromatic N) is 2. The summed E-state index contributed by atoms with van der Waals surface area (Å²) in [7, 11) is 0. The van der Waals surface area contributed by atoms with Gasteiger partial charge < -0.3 is 0 Å². The molecule has 1 heterocycles. The molecule has 19 heavy (non-hydrogen) atoms. The lowest BCUT2D eigenvalue weighted by atomic mass is 10.4. The third-order valence-electron chi connectivity index (χ3n) is 3.01. The van der Waals surface area contributed by atoms with Crippen LogP contribution in [0.3, 0.4) is 0 Å². The van der Waals surface area contributed by atoms with Gasteiger partial charge in [-0.3, -0.25) is 0 Å². The van der Waals surface area contributed by atoms with Crippen molar-refractivity contribution in [3.05, 3.63) is 79.4 Å². The number of hydrogen-bond acceptors (Lipinski definition) is 1. The van der Waals surface area contributed by atoms with Gasteiger partial charge in [0.2, 0.25) is 5.06 Å². The van der Waals surface area contributed by atoms with Crippen molar-refractivity contribution in [1.29, 1.82) is 0 Å². The highest BCUT2D eigenvalue weighted by molar-refractivity contribution is 14.2. The molecule has 4 heteroatoms.